The van der Waals surface area contributed by atoms with Crippen LogP contribution in [-0.4, -0.2) is 44.3 Å². The van der Waals surface area contributed by atoms with Gasteiger partial charge in [0.25, 0.3) is 0 Å². The van der Waals surface area contributed by atoms with Crippen LogP contribution in [0.25, 0.3) is 0 Å². The molecule has 1 saturated carbocycles. The van der Waals surface area contributed by atoms with Crippen LogP contribution < -0.4 is 10.0 Å². The Morgan fingerprint density at radius 2 is 1.83 bits per heavy atom. The lowest BCUT2D eigenvalue weighted by atomic mass is 9.94. The number of nitrogens with one attached hydrogen (secondary N) is 2. The van der Waals surface area contributed by atoms with Gasteiger partial charge in [0, 0.05) is 31.2 Å². The molecule has 1 aromatic rings. The molecule has 8 heteroatoms. The van der Waals surface area contributed by atoms with E-state index in [0.717, 1.165) is 38.5 Å². The van der Waals surface area contributed by atoms with Crippen molar-refractivity contribution in [2.45, 2.75) is 69.2 Å². The molecule has 1 atom stereocenters. The van der Waals surface area contributed by atoms with Crippen molar-refractivity contribution in [3.63, 3.8) is 0 Å². The third-order valence-corrected chi connectivity index (χ3v) is 7.28. The fourth-order valence-corrected chi connectivity index (χ4v) is 5.16. The molecule has 3 rings (SSSR count). The minimum absolute atomic E-state index is 0.0663. The molecule has 2 fully saturated rings. The standard InChI is InChI=1S/C21H31N3O4S/c1-2-3-13-22-29(27,28)19-11-9-17(10-12-19)23-21(26)16-14-20(25)24(15-16)18-7-5-4-6-8-18/h9-12,16,18,22H,2-8,13-15H2,1H3,(H,23,26)/t16-/m1/s1. The predicted molar refractivity (Wildman–Crippen MR) is 112 cm³/mol. The van der Waals surface area contributed by atoms with Crippen LogP contribution in [0.5, 0.6) is 0 Å². The Kier molecular flexibility index (Phi) is 7.29. The number of benzene rings is 1. The molecule has 1 aliphatic heterocycles. The zero-order valence-electron chi connectivity index (χ0n) is 17.0. The lowest BCUT2D eigenvalue weighted by Gasteiger charge is -2.31. The Balaban J connectivity index is 1.56. The summed E-state index contributed by atoms with van der Waals surface area (Å²) >= 11 is 0. The third-order valence-electron chi connectivity index (χ3n) is 5.80. The Hall–Kier alpha value is -1.93. The fourth-order valence-electron chi connectivity index (χ4n) is 4.08. The van der Waals surface area contributed by atoms with Gasteiger partial charge in [0.2, 0.25) is 21.8 Å². The van der Waals surface area contributed by atoms with Gasteiger partial charge in [-0.05, 0) is 43.5 Å². The molecule has 0 unspecified atom stereocenters. The second-order valence-corrected chi connectivity index (χ2v) is 9.77. The average molecular weight is 422 g/mol. The van der Waals surface area contributed by atoms with Crippen molar-refractivity contribution >= 4 is 27.5 Å². The lowest BCUT2D eigenvalue weighted by molar-refractivity contribution is -0.130. The minimum atomic E-state index is -3.53. The van der Waals surface area contributed by atoms with Crippen LogP contribution in [-0.2, 0) is 19.6 Å². The molecule has 0 bridgehead atoms. The number of nitrogens with zero attached hydrogens (tertiary/aromatic N) is 1. The zero-order valence-corrected chi connectivity index (χ0v) is 17.8. The number of anilines is 1. The molecule has 2 aliphatic rings. The van der Waals surface area contributed by atoms with E-state index in [1.165, 1.54) is 18.6 Å². The van der Waals surface area contributed by atoms with E-state index in [2.05, 4.69) is 10.0 Å². The number of amides is 2. The molecule has 0 spiro atoms. The number of likely N-dealkylation sites (tertiary alicyclic amines) is 1. The number of hydrogen-bond donors (Lipinski definition) is 2. The summed E-state index contributed by atoms with van der Waals surface area (Å²) in [5.74, 6) is -0.478. The van der Waals surface area contributed by atoms with Crippen LogP contribution in [0.2, 0.25) is 0 Å². The number of carbonyl (C=O) groups excluding carboxylic acids is 2. The molecule has 1 aromatic carbocycles. The Bertz CT molecular complexity index is 817. The number of sulfonamides is 1. The maximum atomic E-state index is 12.6. The molecular formula is C21H31N3O4S. The Labute approximate surface area is 173 Å². The van der Waals surface area contributed by atoms with Crippen LogP contribution in [0.1, 0.15) is 58.3 Å². The van der Waals surface area contributed by atoms with Gasteiger partial charge in [0.1, 0.15) is 0 Å². The van der Waals surface area contributed by atoms with Gasteiger partial charge in [-0.2, -0.15) is 0 Å². The smallest absolute Gasteiger partial charge is 0.240 e. The van der Waals surface area contributed by atoms with Gasteiger partial charge in [-0.1, -0.05) is 32.6 Å². The maximum absolute atomic E-state index is 12.6. The zero-order chi connectivity index (χ0) is 20.9. The van der Waals surface area contributed by atoms with Crippen molar-refractivity contribution in [1.82, 2.24) is 9.62 Å². The number of hydrogen-bond acceptors (Lipinski definition) is 4. The highest BCUT2D eigenvalue weighted by atomic mass is 32.2. The van der Waals surface area contributed by atoms with Crippen LogP contribution in [0.3, 0.4) is 0 Å². The van der Waals surface area contributed by atoms with Crippen molar-refractivity contribution in [2.24, 2.45) is 5.92 Å². The Morgan fingerprint density at radius 3 is 2.48 bits per heavy atom. The molecule has 1 heterocycles. The number of unbranched alkanes of at least 4 members (excludes halogenated alkanes) is 1. The molecule has 29 heavy (non-hydrogen) atoms. The van der Waals surface area contributed by atoms with Gasteiger partial charge < -0.3 is 10.2 Å². The molecule has 2 N–H and O–H groups in total. The second-order valence-electron chi connectivity index (χ2n) is 8.00. The van der Waals surface area contributed by atoms with Gasteiger partial charge in [0.05, 0.1) is 10.8 Å². The van der Waals surface area contributed by atoms with Gasteiger partial charge in [-0.25, -0.2) is 13.1 Å². The van der Waals surface area contributed by atoms with E-state index in [0.29, 0.717) is 18.8 Å². The molecule has 7 nitrogen and oxygen atoms in total. The monoisotopic (exact) mass is 421 g/mol. The quantitative estimate of drug-likeness (QED) is 0.631. The summed E-state index contributed by atoms with van der Waals surface area (Å²) in [6.45, 7) is 2.88. The van der Waals surface area contributed by atoms with Crippen molar-refractivity contribution in [3.8, 4) is 0 Å². The molecule has 1 aliphatic carbocycles. The normalized spacial score (nSPS) is 20.8. The van der Waals surface area contributed by atoms with Gasteiger partial charge in [0.15, 0.2) is 0 Å². The fraction of sp³-hybridized carbons (Fsp3) is 0.619. The predicted octanol–water partition coefficient (Wildman–Crippen LogP) is 2.88. The molecule has 2 amide bonds. The van der Waals surface area contributed by atoms with Crippen molar-refractivity contribution < 1.29 is 18.0 Å². The summed E-state index contributed by atoms with van der Waals surface area (Å²) in [5, 5.41) is 2.83. The first-order chi connectivity index (χ1) is 13.9. The summed E-state index contributed by atoms with van der Waals surface area (Å²) < 4.78 is 27.0. The molecule has 160 valence electrons. The highest BCUT2D eigenvalue weighted by molar-refractivity contribution is 7.89. The first-order valence-corrected chi connectivity index (χ1v) is 12.1. The van der Waals surface area contributed by atoms with Crippen LogP contribution in [0, 0.1) is 5.92 Å². The van der Waals surface area contributed by atoms with Crippen molar-refractivity contribution in [1.29, 1.82) is 0 Å². The average Bonchev–Trinajstić information content (AvgIpc) is 3.11. The van der Waals surface area contributed by atoms with Crippen LogP contribution in [0.15, 0.2) is 29.2 Å². The highest BCUT2D eigenvalue weighted by Gasteiger charge is 2.38. The summed E-state index contributed by atoms with van der Waals surface area (Å²) in [7, 11) is -3.53. The maximum Gasteiger partial charge on any atom is 0.240 e. The van der Waals surface area contributed by atoms with Gasteiger partial charge in [-0.15, -0.1) is 0 Å². The molecule has 0 aromatic heterocycles. The van der Waals surface area contributed by atoms with E-state index >= 15 is 0 Å². The summed E-state index contributed by atoms with van der Waals surface area (Å²) in [6.07, 6.45) is 7.52. The van der Waals surface area contributed by atoms with Crippen LogP contribution >= 0.6 is 0 Å². The van der Waals surface area contributed by atoms with Crippen LogP contribution in [0.4, 0.5) is 5.69 Å². The van der Waals surface area contributed by atoms with E-state index in [1.54, 1.807) is 12.1 Å². The largest absolute Gasteiger partial charge is 0.339 e. The third kappa shape index (κ3) is 5.57. The Morgan fingerprint density at radius 1 is 1.14 bits per heavy atom. The summed E-state index contributed by atoms with van der Waals surface area (Å²) in [4.78, 5) is 27.1. The summed E-state index contributed by atoms with van der Waals surface area (Å²) in [5.41, 5.74) is 0.533. The molecule has 0 radical (unpaired) electrons. The van der Waals surface area contributed by atoms with E-state index in [4.69, 9.17) is 0 Å². The highest BCUT2D eigenvalue weighted by Crippen LogP contribution is 2.29. The second kappa shape index (κ2) is 9.71. The topological polar surface area (TPSA) is 95.6 Å². The van der Waals surface area contributed by atoms with Crippen molar-refractivity contribution in [3.05, 3.63) is 24.3 Å². The molecule has 1 saturated heterocycles. The molecular weight excluding hydrogens is 390 g/mol. The van der Waals surface area contributed by atoms with Crippen molar-refractivity contribution in [2.75, 3.05) is 18.4 Å². The summed E-state index contributed by atoms with van der Waals surface area (Å²) in [6, 6.07) is 6.42. The lowest BCUT2D eigenvalue weighted by Crippen LogP contribution is -2.38. The van der Waals surface area contributed by atoms with Gasteiger partial charge in [-0.3, -0.25) is 9.59 Å². The van der Waals surface area contributed by atoms with E-state index in [-0.39, 0.29) is 35.1 Å². The number of rotatable bonds is 8. The number of carbonyl (C=O) groups is 2. The first kappa shape index (κ1) is 21.8. The first-order valence-electron chi connectivity index (χ1n) is 10.6. The van der Waals surface area contributed by atoms with E-state index in [9.17, 15) is 18.0 Å². The minimum Gasteiger partial charge on any atom is -0.339 e. The van der Waals surface area contributed by atoms with E-state index in [1.807, 2.05) is 11.8 Å². The van der Waals surface area contributed by atoms with Gasteiger partial charge >= 0.3 is 0 Å². The SMILES string of the molecule is CCCCNS(=O)(=O)c1ccc(NC(=O)[C@@H]2CC(=O)N(C3CCCCC3)C2)cc1. The van der Waals surface area contributed by atoms with E-state index < -0.39 is 10.0 Å².